The molecular weight excluding hydrogens is 120 g/mol. The van der Waals surface area contributed by atoms with Gasteiger partial charge in [-0.3, -0.25) is 0 Å². The van der Waals surface area contributed by atoms with Gasteiger partial charge in [0.15, 0.2) is 0 Å². The lowest BCUT2D eigenvalue weighted by Crippen LogP contribution is -1.84. The second-order valence-corrected chi connectivity index (χ2v) is 2.60. The zero-order valence-electron chi connectivity index (χ0n) is 6.93. The van der Waals surface area contributed by atoms with Crippen molar-refractivity contribution in [1.29, 1.82) is 0 Å². The standard InChI is InChI=1S/C10H16/c1-5-9(3)7-8-10(4)6-2/h5-7,10H,1-2,8H2,3-4H3. The lowest BCUT2D eigenvalue weighted by atomic mass is 10.1. The molecule has 0 aliphatic rings. The Bertz CT molecular complexity index is 140. The molecule has 0 fully saturated rings. The first-order valence-corrected chi connectivity index (χ1v) is 3.62. The summed E-state index contributed by atoms with van der Waals surface area (Å²) < 4.78 is 0. The Morgan fingerprint density at radius 2 is 2.10 bits per heavy atom. The van der Waals surface area contributed by atoms with Crippen LogP contribution in [0.4, 0.5) is 0 Å². The van der Waals surface area contributed by atoms with Crippen molar-refractivity contribution >= 4 is 0 Å². The van der Waals surface area contributed by atoms with Crippen LogP contribution in [0.5, 0.6) is 0 Å². The third kappa shape index (κ3) is 4.13. The lowest BCUT2D eigenvalue weighted by Gasteiger charge is -1.99. The Balaban J connectivity index is 3.70. The molecule has 0 aliphatic carbocycles. The topological polar surface area (TPSA) is 0 Å². The summed E-state index contributed by atoms with van der Waals surface area (Å²) in [5.74, 6) is 0.579. The molecule has 0 aromatic carbocycles. The maximum absolute atomic E-state index is 3.71. The maximum atomic E-state index is 3.71. The van der Waals surface area contributed by atoms with Crippen molar-refractivity contribution in [1.82, 2.24) is 0 Å². The van der Waals surface area contributed by atoms with Crippen LogP contribution in [0, 0.1) is 5.92 Å². The molecule has 1 atom stereocenters. The smallest absolute Gasteiger partial charge is 0.0230 e. The number of allylic oxidation sites excluding steroid dienone is 4. The molecule has 0 saturated carbocycles. The van der Waals surface area contributed by atoms with E-state index in [4.69, 9.17) is 0 Å². The molecule has 0 amide bonds. The van der Waals surface area contributed by atoms with Crippen LogP contribution in [0.15, 0.2) is 37.0 Å². The second-order valence-electron chi connectivity index (χ2n) is 2.60. The summed E-state index contributed by atoms with van der Waals surface area (Å²) >= 11 is 0. The van der Waals surface area contributed by atoms with E-state index in [1.54, 1.807) is 0 Å². The number of rotatable bonds is 4. The van der Waals surface area contributed by atoms with Gasteiger partial charge in [-0.2, -0.15) is 0 Å². The van der Waals surface area contributed by atoms with Crippen LogP contribution in [0.25, 0.3) is 0 Å². The van der Waals surface area contributed by atoms with E-state index in [1.165, 1.54) is 5.57 Å². The van der Waals surface area contributed by atoms with Crippen molar-refractivity contribution in [3.05, 3.63) is 37.0 Å². The van der Waals surface area contributed by atoms with Gasteiger partial charge in [0, 0.05) is 0 Å². The van der Waals surface area contributed by atoms with E-state index in [-0.39, 0.29) is 0 Å². The highest BCUT2D eigenvalue weighted by Gasteiger charge is 1.90. The van der Waals surface area contributed by atoms with E-state index in [0.29, 0.717) is 5.92 Å². The minimum atomic E-state index is 0.579. The van der Waals surface area contributed by atoms with Crippen LogP contribution in [-0.2, 0) is 0 Å². The van der Waals surface area contributed by atoms with E-state index in [0.717, 1.165) is 6.42 Å². The quantitative estimate of drug-likeness (QED) is 0.411. The van der Waals surface area contributed by atoms with Gasteiger partial charge in [-0.15, -0.1) is 6.58 Å². The van der Waals surface area contributed by atoms with Crippen molar-refractivity contribution in [2.24, 2.45) is 5.92 Å². The summed E-state index contributed by atoms with van der Waals surface area (Å²) in [4.78, 5) is 0. The predicted molar refractivity (Wildman–Crippen MR) is 47.9 cm³/mol. The summed E-state index contributed by atoms with van der Waals surface area (Å²) in [5, 5.41) is 0. The molecule has 0 aromatic rings. The van der Waals surface area contributed by atoms with Gasteiger partial charge in [-0.25, -0.2) is 0 Å². The normalized spacial score (nSPS) is 14.4. The van der Waals surface area contributed by atoms with E-state index in [1.807, 2.05) is 12.2 Å². The third-order valence-corrected chi connectivity index (χ3v) is 1.54. The minimum Gasteiger partial charge on any atom is -0.103 e. The van der Waals surface area contributed by atoms with Crippen molar-refractivity contribution in [3.63, 3.8) is 0 Å². The second kappa shape index (κ2) is 5.04. The van der Waals surface area contributed by atoms with Crippen molar-refractivity contribution in [2.45, 2.75) is 20.3 Å². The van der Waals surface area contributed by atoms with E-state index in [9.17, 15) is 0 Å². The SMILES string of the molecule is C=CC(C)=CCC(C)C=C. The van der Waals surface area contributed by atoms with Crippen LogP contribution in [0.1, 0.15) is 20.3 Å². The van der Waals surface area contributed by atoms with E-state index >= 15 is 0 Å². The summed E-state index contributed by atoms with van der Waals surface area (Å²) in [6, 6.07) is 0. The molecule has 0 nitrogen and oxygen atoms in total. The molecule has 0 aliphatic heterocycles. The average molecular weight is 136 g/mol. The van der Waals surface area contributed by atoms with Gasteiger partial charge in [-0.1, -0.05) is 37.3 Å². The molecule has 0 N–H and O–H groups in total. The van der Waals surface area contributed by atoms with Gasteiger partial charge >= 0.3 is 0 Å². The summed E-state index contributed by atoms with van der Waals surface area (Å²) in [6.07, 6.45) is 7.09. The Kier molecular flexibility index (Phi) is 4.65. The van der Waals surface area contributed by atoms with Gasteiger partial charge < -0.3 is 0 Å². The Morgan fingerprint density at radius 1 is 1.50 bits per heavy atom. The predicted octanol–water partition coefficient (Wildman–Crippen LogP) is 3.33. The van der Waals surface area contributed by atoms with Crippen LogP contribution >= 0.6 is 0 Å². The first kappa shape index (κ1) is 9.22. The Labute approximate surface area is 64.0 Å². The molecule has 10 heavy (non-hydrogen) atoms. The van der Waals surface area contributed by atoms with Crippen LogP contribution < -0.4 is 0 Å². The molecule has 1 unspecified atom stereocenters. The highest BCUT2D eigenvalue weighted by molar-refractivity contribution is 5.12. The largest absolute Gasteiger partial charge is 0.103 e. The van der Waals surface area contributed by atoms with Gasteiger partial charge in [0.2, 0.25) is 0 Å². The molecule has 0 spiro atoms. The van der Waals surface area contributed by atoms with Crippen LogP contribution in [-0.4, -0.2) is 0 Å². The number of hydrogen-bond donors (Lipinski definition) is 0. The third-order valence-electron chi connectivity index (χ3n) is 1.54. The molecular formula is C10H16. The fourth-order valence-electron chi connectivity index (χ4n) is 0.551. The van der Waals surface area contributed by atoms with Gasteiger partial charge in [0.1, 0.15) is 0 Å². The number of hydrogen-bond acceptors (Lipinski definition) is 0. The van der Waals surface area contributed by atoms with Crippen molar-refractivity contribution < 1.29 is 0 Å². The van der Waals surface area contributed by atoms with Crippen LogP contribution in [0.2, 0.25) is 0 Å². The van der Waals surface area contributed by atoms with E-state index < -0.39 is 0 Å². The van der Waals surface area contributed by atoms with Crippen molar-refractivity contribution in [2.75, 3.05) is 0 Å². The van der Waals surface area contributed by atoms with Gasteiger partial charge in [-0.05, 0) is 19.3 Å². The molecule has 0 bridgehead atoms. The Hall–Kier alpha value is -0.780. The fourth-order valence-corrected chi connectivity index (χ4v) is 0.551. The molecule has 56 valence electrons. The van der Waals surface area contributed by atoms with E-state index in [2.05, 4.69) is 33.1 Å². The zero-order chi connectivity index (χ0) is 7.98. The monoisotopic (exact) mass is 136 g/mol. The molecule has 0 heteroatoms. The molecule has 0 aromatic heterocycles. The minimum absolute atomic E-state index is 0.579. The zero-order valence-corrected chi connectivity index (χ0v) is 6.93. The lowest BCUT2D eigenvalue weighted by molar-refractivity contribution is 0.744. The summed E-state index contributed by atoms with van der Waals surface area (Å²) in [6.45, 7) is 11.6. The molecule has 0 radical (unpaired) electrons. The molecule has 0 heterocycles. The molecule has 0 saturated heterocycles. The first-order chi connectivity index (χ1) is 4.70. The van der Waals surface area contributed by atoms with Crippen LogP contribution in [0.3, 0.4) is 0 Å². The summed E-state index contributed by atoms with van der Waals surface area (Å²) in [5.41, 5.74) is 1.24. The van der Waals surface area contributed by atoms with Crippen molar-refractivity contribution in [3.8, 4) is 0 Å². The maximum Gasteiger partial charge on any atom is -0.0230 e. The fraction of sp³-hybridized carbons (Fsp3) is 0.400. The van der Waals surface area contributed by atoms with Gasteiger partial charge in [0.05, 0.1) is 0 Å². The average Bonchev–Trinajstić information content (AvgIpc) is 1.99. The van der Waals surface area contributed by atoms with Gasteiger partial charge in [0.25, 0.3) is 0 Å². The Morgan fingerprint density at radius 3 is 2.50 bits per heavy atom. The summed E-state index contributed by atoms with van der Waals surface area (Å²) in [7, 11) is 0. The highest BCUT2D eigenvalue weighted by atomic mass is 14.0. The first-order valence-electron chi connectivity index (χ1n) is 3.62. The highest BCUT2D eigenvalue weighted by Crippen LogP contribution is 2.06. The molecule has 0 rings (SSSR count).